The molecule has 6 heteroatoms. The quantitative estimate of drug-likeness (QED) is 0.407. The smallest absolute Gasteiger partial charge is 0.272 e. The van der Waals surface area contributed by atoms with Crippen molar-refractivity contribution in [1.29, 1.82) is 0 Å². The number of unbranched alkanes of at least 4 members (excludes halogenated alkanes) is 1. The Morgan fingerprint density at radius 2 is 2.05 bits per heavy atom. The van der Waals surface area contributed by atoms with E-state index in [4.69, 9.17) is 4.74 Å². The predicted molar refractivity (Wildman–Crippen MR) is 75.1 cm³/mol. The lowest BCUT2D eigenvalue weighted by Gasteiger charge is -2.06. The fourth-order valence-electron chi connectivity index (χ4n) is 1.72. The molecule has 1 rings (SSSR count). The molecule has 0 radical (unpaired) electrons. The highest BCUT2D eigenvalue weighted by Gasteiger charge is 2.09. The zero-order chi connectivity index (χ0) is 14.8. The number of rotatable bonds is 10. The Kier molecular flexibility index (Phi) is 7.75. The molecule has 0 unspecified atom stereocenters. The van der Waals surface area contributed by atoms with Crippen LogP contribution in [0.4, 0.5) is 10.1 Å². The number of halogens is 1. The fraction of sp³-hybridized carbons (Fsp3) is 0.571. The highest BCUT2D eigenvalue weighted by molar-refractivity contribution is 5.35. The Labute approximate surface area is 118 Å². The average Bonchev–Trinajstić information content (AvgIpc) is 2.41. The number of nitrogens with one attached hydrogen (secondary N) is 1. The molecule has 0 aromatic heterocycles. The number of hydrogen-bond acceptors (Lipinski definition) is 4. The molecule has 0 amide bonds. The van der Waals surface area contributed by atoms with Crippen LogP contribution in [0.15, 0.2) is 18.2 Å². The van der Waals surface area contributed by atoms with Gasteiger partial charge in [-0.2, -0.15) is 0 Å². The van der Waals surface area contributed by atoms with Gasteiger partial charge in [0.2, 0.25) is 0 Å². The summed E-state index contributed by atoms with van der Waals surface area (Å²) in [4.78, 5) is 10.0. The van der Waals surface area contributed by atoms with Gasteiger partial charge in [-0.3, -0.25) is 10.1 Å². The summed E-state index contributed by atoms with van der Waals surface area (Å²) < 4.78 is 18.6. The lowest BCUT2D eigenvalue weighted by atomic mass is 10.2. The first-order valence-electron chi connectivity index (χ1n) is 6.85. The number of non-ortho nitro benzene ring substituents is 1. The molecular weight excluding hydrogens is 263 g/mol. The molecule has 0 spiro atoms. The lowest BCUT2D eigenvalue weighted by Crippen LogP contribution is -2.16. The van der Waals surface area contributed by atoms with Gasteiger partial charge >= 0.3 is 0 Å². The van der Waals surface area contributed by atoms with Gasteiger partial charge in [0.15, 0.2) is 0 Å². The molecule has 0 heterocycles. The van der Waals surface area contributed by atoms with E-state index in [0.29, 0.717) is 18.7 Å². The van der Waals surface area contributed by atoms with E-state index < -0.39 is 10.7 Å². The second kappa shape index (κ2) is 9.39. The molecule has 0 saturated carbocycles. The molecule has 0 aliphatic heterocycles. The molecule has 0 aliphatic carbocycles. The van der Waals surface area contributed by atoms with Crippen molar-refractivity contribution in [3.63, 3.8) is 0 Å². The van der Waals surface area contributed by atoms with E-state index in [1.54, 1.807) is 0 Å². The molecule has 0 bridgehead atoms. The summed E-state index contributed by atoms with van der Waals surface area (Å²) in [5.41, 5.74) is 0.355. The Hall–Kier alpha value is -1.53. The second-order valence-corrected chi connectivity index (χ2v) is 4.57. The van der Waals surface area contributed by atoms with Gasteiger partial charge in [0.25, 0.3) is 5.69 Å². The van der Waals surface area contributed by atoms with Gasteiger partial charge in [-0.25, -0.2) is 4.39 Å². The Bertz CT molecular complexity index is 427. The minimum absolute atomic E-state index is 0.218. The van der Waals surface area contributed by atoms with Crippen LogP contribution in [-0.4, -0.2) is 24.7 Å². The molecular formula is C14H21FN2O3. The predicted octanol–water partition coefficient (Wildman–Crippen LogP) is 3.03. The van der Waals surface area contributed by atoms with Crippen LogP contribution in [0.5, 0.6) is 0 Å². The van der Waals surface area contributed by atoms with Crippen LogP contribution in [0, 0.1) is 15.9 Å². The van der Waals surface area contributed by atoms with Crippen LogP contribution in [0.1, 0.15) is 31.7 Å². The number of ether oxygens (including phenoxy) is 1. The third-order valence-corrected chi connectivity index (χ3v) is 2.77. The van der Waals surface area contributed by atoms with Crippen LogP contribution in [0.3, 0.4) is 0 Å². The monoisotopic (exact) mass is 284 g/mol. The van der Waals surface area contributed by atoms with Crippen LogP contribution >= 0.6 is 0 Å². The van der Waals surface area contributed by atoms with Crippen molar-refractivity contribution >= 4 is 5.69 Å². The number of benzene rings is 1. The van der Waals surface area contributed by atoms with Crippen molar-refractivity contribution in [3.05, 3.63) is 39.7 Å². The maximum atomic E-state index is 13.2. The van der Waals surface area contributed by atoms with Crippen molar-refractivity contribution in [2.24, 2.45) is 0 Å². The maximum absolute atomic E-state index is 13.2. The van der Waals surface area contributed by atoms with E-state index in [9.17, 15) is 14.5 Å². The van der Waals surface area contributed by atoms with E-state index in [1.807, 2.05) is 0 Å². The SMILES string of the molecule is CCCCOCCCNCc1cc(F)cc([N+](=O)[O-])c1. The maximum Gasteiger partial charge on any atom is 0.272 e. The average molecular weight is 284 g/mol. The molecule has 1 aromatic rings. The molecule has 0 atom stereocenters. The van der Waals surface area contributed by atoms with E-state index in [-0.39, 0.29) is 5.69 Å². The summed E-state index contributed by atoms with van der Waals surface area (Å²) in [6.45, 7) is 4.73. The minimum atomic E-state index is -0.589. The van der Waals surface area contributed by atoms with E-state index >= 15 is 0 Å². The molecule has 20 heavy (non-hydrogen) atoms. The van der Waals surface area contributed by atoms with E-state index in [2.05, 4.69) is 12.2 Å². The van der Waals surface area contributed by atoms with Gasteiger partial charge in [-0.15, -0.1) is 0 Å². The zero-order valence-electron chi connectivity index (χ0n) is 11.7. The highest BCUT2D eigenvalue weighted by Crippen LogP contribution is 2.16. The third kappa shape index (κ3) is 6.58. The number of nitro groups is 1. The normalized spacial score (nSPS) is 10.7. The van der Waals surface area contributed by atoms with Crippen molar-refractivity contribution in [3.8, 4) is 0 Å². The molecule has 5 nitrogen and oxygen atoms in total. The number of hydrogen-bond donors (Lipinski definition) is 1. The van der Waals surface area contributed by atoms with Gasteiger partial charge < -0.3 is 10.1 Å². The van der Waals surface area contributed by atoms with E-state index in [1.165, 1.54) is 12.1 Å². The summed E-state index contributed by atoms with van der Waals surface area (Å²) in [6, 6.07) is 3.61. The van der Waals surface area contributed by atoms with E-state index in [0.717, 1.165) is 38.5 Å². The van der Waals surface area contributed by atoms with Crippen LogP contribution < -0.4 is 5.32 Å². The Balaban J connectivity index is 2.23. The largest absolute Gasteiger partial charge is 0.381 e. The summed E-state index contributed by atoms with van der Waals surface area (Å²) in [6.07, 6.45) is 3.05. The molecule has 0 fully saturated rings. The number of nitrogens with zero attached hydrogens (tertiary/aromatic N) is 1. The standard InChI is InChI=1S/C14H21FN2O3/c1-2-3-6-20-7-4-5-16-11-12-8-13(15)10-14(9-12)17(18)19/h8-10,16H,2-7,11H2,1H3. The molecule has 112 valence electrons. The fourth-order valence-corrected chi connectivity index (χ4v) is 1.72. The summed E-state index contributed by atoms with van der Waals surface area (Å²) >= 11 is 0. The van der Waals surface area contributed by atoms with Crippen molar-refractivity contribution in [1.82, 2.24) is 5.32 Å². The molecule has 1 aromatic carbocycles. The van der Waals surface area contributed by atoms with Gasteiger partial charge in [0.1, 0.15) is 5.82 Å². The van der Waals surface area contributed by atoms with Crippen molar-refractivity contribution in [2.75, 3.05) is 19.8 Å². The van der Waals surface area contributed by atoms with Gasteiger partial charge in [-0.05, 0) is 31.0 Å². The summed E-state index contributed by atoms with van der Waals surface area (Å²) in [5, 5.41) is 13.7. The topological polar surface area (TPSA) is 64.4 Å². The Morgan fingerprint density at radius 1 is 1.30 bits per heavy atom. The minimum Gasteiger partial charge on any atom is -0.381 e. The number of nitro benzene ring substituents is 1. The Morgan fingerprint density at radius 3 is 2.75 bits per heavy atom. The molecule has 1 N–H and O–H groups in total. The van der Waals surface area contributed by atoms with Gasteiger partial charge in [0, 0.05) is 25.8 Å². The van der Waals surface area contributed by atoms with Crippen LogP contribution in [0.2, 0.25) is 0 Å². The van der Waals surface area contributed by atoms with Crippen LogP contribution in [-0.2, 0) is 11.3 Å². The van der Waals surface area contributed by atoms with Crippen LogP contribution in [0.25, 0.3) is 0 Å². The lowest BCUT2D eigenvalue weighted by molar-refractivity contribution is -0.385. The third-order valence-electron chi connectivity index (χ3n) is 2.77. The zero-order valence-corrected chi connectivity index (χ0v) is 11.7. The van der Waals surface area contributed by atoms with Crippen molar-refractivity contribution in [2.45, 2.75) is 32.7 Å². The first-order chi connectivity index (χ1) is 9.63. The highest BCUT2D eigenvalue weighted by atomic mass is 19.1. The summed E-state index contributed by atoms with van der Waals surface area (Å²) in [5.74, 6) is -0.584. The van der Waals surface area contributed by atoms with Gasteiger partial charge in [0.05, 0.1) is 11.0 Å². The first kappa shape index (κ1) is 16.5. The molecule has 0 aliphatic rings. The summed E-state index contributed by atoms with van der Waals surface area (Å²) in [7, 11) is 0. The van der Waals surface area contributed by atoms with Crippen molar-refractivity contribution < 1.29 is 14.1 Å². The molecule has 0 saturated heterocycles. The van der Waals surface area contributed by atoms with Gasteiger partial charge in [-0.1, -0.05) is 13.3 Å². The first-order valence-corrected chi connectivity index (χ1v) is 6.85. The second-order valence-electron chi connectivity index (χ2n) is 4.57.